The van der Waals surface area contributed by atoms with Crippen molar-refractivity contribution >= 4 is 11.9 Å². The highest BCUT2D eigenvalue weighted by molar-refractivity contribution is 5.82. The first-order valence-electron chi connectivity index (χ1n) is 9.39. The Morgan fingerprint density at radius 2 is 1.86 bits per heavy atom. The molecule has 28 heavy (non-hydrogen) atoms. The fraction of sp³-hybridized carbons (Fsp3) is 0.600. The van der Waals surface area contributed by atoms with E-state index in [1.807, 2.05) is 19.1 Å². The molecule has 1 fully saturated rings. The molecule has 1 heterocycles. The second-order valence-electron chi connectivity index (χ2n) is 6.68. The minimum Gasteiger partial charge on any atom is -0.493 e. The highest BCUT2D eigenvalue weighted by Crippen LogP contribution is 2.40. The van der Waals surface area contributed by atoms with Crippen LogP contribution < -0.4 is 19.5 Å². The lowest BCUT2D eigenvalue weighted by Crippen LogP contribution is -2.40. The van der Waals surface area contributed by atoms with Gasteiger partial charge in [-0.25, -0.2) is 4.99 Å². The average Bonchev–Trinajstić information content (AvgIpc) is 3.10. The molecule has 1 aliphatic heterocycles. The molecule has 1 N–H and O–H groups in total. The van der Waals surface area contributed by atoms with Crippen molar-refractivity contribution in [3.63, 3.8) is 0 Å². The van der Waals surface area contributed by atoms with Gasteiger partial charge in [-0.1, -0.05) is 6.92 Å². The number of aliphatic imine (C=N–C) groups is 1. The summed E-state index contributed by atoms with van der Waals surface area (Å²) >= 11 is 0. The van der Waals surface area contributed by atoms with Crippen molar-refractivity contribution in [2.75, 3.05) is 48.1 Å². The monoisotopic (exact) mass is 393 g/mol. The molecule has 0 saturated carbocycles. The first-order valence-corrected chi connectivity index (χ1v) is 9.39. The van der Waals surface area contributed by atoms with Gasteiger partial charge >= 0.3 is 5.97 Å². The maximum absolute atomic E-state index is 12.0. The molecular weight excluding hydrogens is 362 g/mol. The van der Waals surface area contributed by atoms with Crippen LogP contribution in [0.25, 0.3) is 0 Å². The minimum absolute atomic E-state index is 0.149. The summed E-state index contributed by atoms with van der Waals surface area (Å²) in [6.45, 7) is 6.54. The van der Waals surface area contributed by atoms with E-state index in [1.54, 1.807) is 21.3 Å². The molecule has 2 atom stereocenters. The van der Waals surface area contributed by atoms with Gasteiger partial charge in [0.1, 0.15) is 0 Å². The molecule has 1 aromatic carbocycles. The van der Waals surface area contributed by atoms with Crippen LogP contribution in [0.4, 0.5) is 0 Å². The molecule has 8 heteroatoms. The summed E-state index contributed by atoms with van der Waals surface area (Å²) in [6.07, 6.45) is 0. The Labute approximate surface area is 166 Å². The number of guanidine groups is 1. The largest absolute Gasteiger partial charge is 0.493 e. The number of carbonyl (C=O) groups is 1. The topological polar surface area (TPSA) is 81.6 Å². The molecule has 0 amide bonds. The third kappa shape index (κ3) is 4.61. The van der Waals surface area contributed by atoms with Gasteiger partial charge in [0.25, 0.3) is 0 Å². The Hall–Kier alpha value is -2.64. The minimum atomic E-state index is -0.174. The van der Waals surface area contributed by atoms with Crippen LogP contribution in [-0.4, -0.2) is 64.9 Å². The predicted octanol–water partition coefficient (Wildman–Crippen LogP) is 1.92. The molecule has 0 aromatic heterocycles. The zero-order valence-corrected chi connectivity index (χ0v) is 17.6. The smallest absolute Gasteiger partial charge is 0.310 e. The molecule has 1 saturated heterocycles. The standard InChI is InChI=1S/C20H31N3O5/c1-7-21-20(23-11-13(2)15(12-23)19(24)28-6)22-10-14-8-9-16(25-3)18(27-5)17(14)26-4/h8-9,13,15H,7,10-12H2,1-6H3,(H,21,22). The van der Waals surface area contributed by atoms with Crippen LogP contribution in [0.5, 0.6) is 17.2 Å². The van der Waals surface area contributed by atoms with E-state index in [1.165, 1.54) is 7.11 Å². The van der Waals surface area contributed by atoms with Crippen LogP contribution in [0, 0.1) is 11.8 Å². The van der Waals surface area contributed by atoms with Crippen molar-refractivity contribution < 1.29 is 23.7 Å². The molecule has 2 unspecified atom stereocenters. The Morgan fingerprint density at radius 1 is 1.14 bits per heavy atom. The number of esters is 1. The number of nitrogens with one attached hydrogen (secondary N) is 1. The maximum Gasteiger partial charge on any atom is 0.310 e. The Balaban J connectivity index is 2.25. The molecule has 0 aliphatic carbocycles. The number of hydrogen-bond donors (Lipinski definition) is 1. The summed E-state index contributed by atoms with van der Waals surface area (Å²) in [5.74, 6) is 2.39. The highest BCUT2D eigenvalue weighted by Gasteiger charge is 2.36. The van der Waals surface area contributed by atoms with E-state index in [0.29, 0.717) is 30.3 Å². The summed E-state index contributed by atoms with van der Waals surface area (Å²) in [7, 11) is 6.19. The molecule has 0 bridgehead atoms. The second-order valence-corrected chi connectivity index (χ2v) is 6.68. The van der Waals surface area contributed by atoms with E-state index in [9.17, 15) is 4.79 Å². The Bertz CT molecular complexity index is 707. The molecule has 2 rings (SSSR count). The van der Waals surface area contributed by atoms with Crippen molar-refractivity contribution in [1.82, 2.24) is 10.2 Å². The van der Waals surface area contributed by atoms with Gasteiger partial charge < -0.3 is 29.2 Å². The van der Waals surface area contributed by atoms with Crippen LogP contribution in [0.2, 0.25) is 0 Å². The fourth-order valence-corrected chi connectivity index (χ4v) is 3.47. The van der Waals surface area contributed by atoms with Crippen molar-refractivity contribution in [2.24, 2.45) is 16.8 Å². The number of carbonyl (C=O) groups excluding carboxylic acids is 1. The van der Waals surface area contributed by atoms with Crippen molar-refractivity contribution in [3.05, 3.63) is 17.7 Å². The third-order valence-corrected chi connectivity index (χ3v) is 4.94. The molecular formula is C20H31N3O5. The second kappa shape index (κ2) is 10.1. The van der Waals surface area contributed by atoms with Gasteiger partial charge in [0, 0.05) is 25.2 Å². The van der Waals surface area contributed by atoms with Crippen molar-refractivity contribution in [2.45, 2.75) is 20.4 Å². The molecule has 0 radical (unpaired) electrons. The maximum atomic E-state index is 12.0. The summed E-state index contributed by atoms with van der Waals surface area (Å²) in [4.78, 5) is 18.9. The number of ether oxygens (including phenoxy) is 4. The van der Waals surface area contributed by atoms with Crippen LogP contribution in [0.1, 0.15) is 19.4 Å². The van der Waals surface area contributed by atoms with Crippen molar-refractivity contribution in [1.29, 1.82) is 0 Å². The zero-order chi connectivity index (χ0) is 20.7. The van der Waals surface area contributed by atoms with E-state index < -0.39 is 0 Å². The third-order valence-electron chi connectivity index (χ3n) is 4.94. The highest BCUT2D eigenvalue weighted by atomic mass is 16.5. The molecule has 0 spiro atoms. The van der Waals surface area contributed by atoms with Gasteiger partial charge in [-0.2, -0.15) is 0 Å². The van der Waals surface area contributed by atoms with E-state index in [2.05, 4.69) is 17.1 Å². The number of hydrogen-bond acceptors (Lipinski definition) is 6. The van der Waals surface area contributed by atoms with Crippen LogP contribution in [-0.2, 0) is 16.1 Å². The lowest BCUT2D eigenvalue weighted by molar-refractivity contribution is -0.145. The molecule has 1 aromatic rings. The van der Waals surface area contributed by atoms with E-state index in [0.717, 1.165) is 24.6 Å². The molecule has 156 valence electrons. The predicted molar refractivity (Wildman–Crippen MR) is 107 cm³/mol. The quantitative estimate of drug-likeness (QED) is 0.431. The summed E-state index contributed by atoms with van der Waals surface area (Å²) < 4.78 is 21.2. The van der Waals surface area contributed by atoms with Crippen LogP contribution >= 0.6 is 0 Å². The van der Waals surface area contributed by atoms with Crippen molar-refractivity contribution in [3.8, 4) is 17.2 Å². The average molecular weight is 393 g/mol. The number of benzene rings is 1. The first-order chi connectivity index (χ1) is 13.5. The summed E-state index contributed by atoms with van der Waals surface area (Å²) in [5, 5.41) is 3.31. The molecule has 1 aliphatic rings. The number of rotatable bonds is 7. The van der Waals surface area contributed by atoms with Gasteiger partial charge in [0.2, 0.25) is 5.75 Å². The van der Waals surface area contributed by atoms with Gasteiger partial charge in [0.05, 0.1) is 40.9 Å². The van der Waals surface area contributed by atoms with Gasteiger partial charge in [0.15, 0.2) is 17.5 Å². The number of nitrogens with zero attached hydrogens (tertiary/aromatic N) is 2. The number of methoxy groups -OCH3 is 4. The SMILES string of the molecule is CCNC(=NCc1ccc(OC)c(OC)c1OC)N1CC(C)C(C(=O)OC)C1. The van der Waals surface area contributed by atoms with Crippen LogP contribution in [0.3, 0.4) is 0 Å². The lowest BCUT2D eigenvalue weighted by atomic mass is 9.99. The lowest BCUT2D eigenvalue weighted by Gasteiger charge is -2.22. The van der Waals surface area contributed by atoms with Gasteiger partial charge in [-0.3, -0.25) is 4.79 Å². The van der Waals surface area contributed by atoms with E-state index >= 15 is 0 Å². The molecule has 8 nitrogen and oxygen atoms in total. The van der Waals surface area contributed by atoms with E-state index in [-0.39, 0.29) is 17.8 Å². The van der Waals surface area contributed by atoms with Gasteiger partial charge in [-0.15, -0.1) is 0 Å². The fourth-order valence-electron chi connectivity index (χ4n) is 3.47. The Kier molecular flexibility index (Phi) is 7.78. The number of likely N-dealkylation sites (tertiary alicyclic amines) is 1. The first kappa shape index (κ1) is 21.7. The Morgan fingerprint density at radius 3 is 2.43 bits per heavy atom. The zero-order valence-electron chi connectivity index (χ0n) is 17.6. The van der Waals surface area contributed by atoms with Gasteiger partial charge in [-0.05, 0) is 25.0 Å². The summed E-state index contributed by atoms with van der Waals surface area (Å²) in [6, 6.07) is 3.75. The van der Waals surface area contributed by atoms with Crippen LogP contribution in [0.15, 0.2) is 17.1 Å². The normalized spacial score (nSPS) is 19.4. The summed E-state index contributed by atoms with van der Waals surface area (Å²) in [5.41, 5.74) is 0.882. The van der Waals surface area contributed by atoms with E-state index in [4.69, 9.17) is 23.9 Å².